The molecule has 0 aromatic heterocycles. The zero-order valence-corrected chi connectivity index (χ0v) is 11.7. The molecule has 2 aromatic carbocycles. The van der Waals surface area contributed by atoms with Crippen LogP contribution < -0.4 is 9.57 Å². The normalized spacial score (nSPS) is 11.4. The molecule has 0 unspecified atom stereocenters. The number of nitrogens with one attached hydrogen (secondary N) is 1. The molecule has 0 saturated heterocycles. The maximum Gasteiger partial charge on any atom is 0.276 e. The Labute approximate surface area is 118 Å². The van der Waals surface area contributed by atoms with Gasteiger partial charge >= 0.3 is 0 Å². The van der Waals surface area contributed by atoms with Crippen molar-refractivity contribution in [3.05, 3.63) is 60.2 Å². The number of ether oxygens (including phenoxy) is 1. The fraction of sp³-hybridized carbons (Fsp3) is 0.0714. The Kier molecular flexibility index (Phi) is 4.37. The molecule has 2 aromatic rings. The Morgan fingerprint density at radius 1 is 1.10 bits per heavy atom. The van der Waals surface area contributed by atoms with Gasteiger partial charge in [0.05, 0.1) is 18.2 Å². The highest BCUT2D eigenvalue weighted by Gasteiger charge is 2.10. The van der Waals surface area contributed by atoms with E-state index in [1.807, 2.05) is 0 Å². The molecule has 1 N–H and O–H groups in total. The van der Waals surface area contributed by atoms with Crippen LogP contribution in [0, 0.1) is 0 Å². The number of benzene rings is 2. The molecule has 6 heteroatoms. The minimum absolute atomic E-state index is 0.169. The molecule has 0 aliphatic heterocycles. The Bertz CT molecular complexity index is 697. The van der Waals surface area contributed by atoms with Crippen LogP contribution in [0.1, 0.15) is 5.56 Å². The molecular weight excluding hydrogens is 276 g/mol. The maximum absolute atomic E-state index is 11.9. The highest BCUT2D eigenvalue weighted by atomic mass is 32.2. The van der Waals surface area contributed by atoms with Gasteiger partial charge in [-0.1, -0.05) is 30.3 Å². The summed E-state index contributed by atoms with van der Waals surface area (Å²) >= 11 is 0. The third-order valence-electron chi connectivity index (χ3n) is 2.53. The lowest BCUT2D eigenvalue weighted by Crippen LogP contribution is -2.18. The molecule has 104 valence electrons. The van der Waals surface area contributed by atoms with Gasteiger partial charge in [0.1, 0.15) is 5.75 Å². The first kappa shape index (κ1) is 14.1. The van der Waals surface area contributed by atoms with Crippen LogP contribution in [0.2, 0.25) is 0 Å². The fourth-order valence-corrected chi connectivity index (χ4v) is 2.36. The van der Waals surface area contributed by atoms with Crippen molar-refractivity contribution < 1.29 is 13.2 Å². The second-order valence-electron chi connectivity index (χ2n) is 3.94. The Balaban J connectivity index is 2.10. The molecule has 0 atom stereocenters. The number of nitrogens with zero attached hydrogens (tertiary/aromatic N) is 1. The van der Waals surface area contributed by atoms with Gasteiger partial charge in [-0.25, -0.2) is 4.83 Å². The summed E-state index contributed by atoms with van der Waals surface area (Å²) in [6.07, 6.45) is 1.42. The molecule has 20 heavy (non-hydrogen) atoms. The topological polar surface area (TPSA) is 67.8 Å². The fourth-order valence-electron chi connectivity index (χ4n) is 1.54. The summed E-state index contributed by atoms with van der Waals surface area (Å²) in [5, 5.41) is 3.75. The van der Waals surface area contributed by atoms with E-state index in [4.69, 9.17) is 4.74 Å². The summed E-state index contributed by atoms with van der Waals surface area (Å²) in [5.74, 6) is 0.680. The lowest BCUT2D eigenvalue weighted by Gasteiger charge is -2.03. The average Bonchev–Trinajstić information content (AvgIpc) is 2.48. The molecule has 0 bridgehead atoms. The number of sulfonamides is 1. The SMILES string of the molecule is COc1cccc(/C=N\NS(=O)(=O)c2ccccc2)c1. The van der Waals surface area contributed by atoms with E-state index in [1.165, 1.54) is 18.3 Å². The number of hydrogen-bond acceptors (Lipinski definition) is 4. The second kappa shape index (κ2) is 6.21. The summed E-state index contributed by atoms with van der Waals surface area (Å²) < 4.78 is 28.9. The van der Waals surface area contributed by atoms with Gasteiger partial charge in [0, 0.05) is 0 Å². The predicted molar refractivity (Wildman–Crippen MR) is 77.4 cm³/mol. The van der Waals surface area contributed by atoms with Crippen LogP contribution in [0.4, 0.5) is 0 Å². The van der Waals surface area contributed by atoms with Crippen molar-refractivity contribution >= 4 is 16.2 Å². The van der Waals surface area contributed by atoms with Crippen LogP contribution in [0.5, 0.6) is 5.75 Å². The molecule has 0 heterocycles. The zero-order valence-electron chi connectivity index (χ0n) is 10.9. The molecule has 0 aliphatic carbocycles. The molecular formula is C14H14N2O3S. The first-order valence-corrected chi connectivity index (χ1v) is 7.34. The number of hydrogen-bond donors (Lipinski definition) is 1. The van der Waals surface area contributed by atoms with Gasteiger partial charge in [-0.15, -0.1) is 0 Å². The standard InChI is InChI=1S/C14H14N2O3S/c1-19-13-7-5-6-12(10-13)11-15-16-20(17,18)14-8-3-2-4-9-14/h2-11,16H,1H3/b15-11-. The van der Waals surface area contributed by atoms with Gasteiger partial charge in [-0.2, -0.15) is 13.5 Å². The largest absolute Gasteiger partial charge is 0.497 e. The zero-order chi connectivity index (χ0) is 14.4. The highest BCUT2D eigenvalue weighted by Crippen LogP contribution is 2.11. The van der Waals surface area contributed by atoms with Crippen LogP contribution in [0.25, 0.3) is 0 Å². The quantitative estimate of drug-likeness (QED) is 0.676. The molecule has 0 saturated carbocycles. The van der Waals surface area contributed by atoms with Crippen molar-refractivity contribution in [3.8, 4) is 5.75 Å². The molecule has 0 spiro atoms. The van der Waals surface area contributed by atoms with Gasteiger partial charge in [0.2, 0.25) is 0 Å². The monoisotopic (exact) mass is 290 g/mol. The van der Waals surface area contributed by atoms with E-state index in [9.17, 15) is 8.42 Å². The van der Waals surface area contributed by atoms with E-state index < -0.39 is 10.0 Å². The van der Waals surface area contributed by atoms with E-state index in [0.29, 0.717) is 5.75 Å². The third kappa shape index (κ3) is 3.58. The molecule has 0 fully saturated rings. The van der Waals surface area contributed by atoms with Crippen molar-refractivity contribution in [2.75, 3.05) is 7.11 Å². The molecule has 5 nitrogen and oxygen atoms in total. The molecule has 2 rings (SSSR count). The van der Waals surface area contributed by atoms with E-state index in [1.54, 1.807) is 49.6 Å². The summed E-state index contributed by atoms with van der Waals surface area (Å²) in [4.78, 5) is 2.33. The van der Waals surface area contributed by atoms with Gasteiger partial charge in [-0.05, 0) is 29.8 Å². The van der Waals surface area contributed by atoms with Gasteiger partial charge in [-0.3, -0.25) is 0 Å². The summed E-state index contributed by atoms with van der Waals surface area (Å²) in [5.41, 5.74) is 0.736. The summed E-state index contributed by atoms with van der Waals surface area (Å²) in [7, 11) is -2.06. The van der Waals surface area contributed by atoms with Gasteiger partial charge < -0.3 is 4.74 Å². The average molecular weight is 290 g/mol. The van der Waals surface area contributed by atoms with E-state index in [0.717, 1.165) is 5.56 Å². The molecule has 0 amide bonds. The lowest BCUT2D eigenvalue weighted by molar-refractivity contribution is 0.415. The van der Waals surface area contributed by atoms with E-state index in [2.05, 4.69) is 9.93 Å². The summed E-state index contributed by atoms with van der Waals surface area (Å²) in [6, 6.07) is 15.2. The number of hydrazone groups is 1. The van der Waals surface area contributed by atoms with Crippen LogP contribution in [0.3, 0.4) is 0 Å². The maximum atomic E-state index is 11.9. The number of methoxy groups -OCH3 is 1. The van der Waals surface area contributed by atoms with Gasteiger partial charge in [0.25, 0.3) is 10.0 Å². The highest BCUT2D eigenvalue weighted by molar-refractivity contribution is 7.89. The van der Waals surface area contributed by atoms with Crippen LogP contribution in [-0.4, -0.2) is 21.7 Å². The van der Waals surface area contributed by atoms with Crippen molar-refractivity contribution in [1.29, 1.82) is 0 Å². The first-order chi connectivity index (χ1) is 9.62. The Hall–Kier alpha value is -2.34. The van der Waals surface area contributed by atoms with Crippen molar-refractivity contribution in [3.63, 3.8) is 0 Å². The van der Waals surface area contributed by atoms with Crippen molar-refractivity contribution in [2.45, 2.75) is 4.90 Å². The Morgan fingerprint density at radius 3 is 2.55 bits per heavy atom. The molecule has 0 radical (unpaired) electrons. The molecule has 0 aliphatic rings. The van der Waals surface area contributed by atoms with Crippen molar-refractivity contribution in [1.82, 2.24) is 4.83 Å². The van der Waals surface area contributed by atoms with Crippen LogP contribution in [0.15, 0.2) is 64.6 Å². The van der Waals surface area contributed by atoms with E-state index >= 15 is 0 Å². The van der Waals surface area contributed by atoms with Crippen molar-refractivity contribution in [2.24, 2.45) is 5.10 Å². The predicted octanol–water partition coefficient (Wildman–Crippen LogP) is 2.01. The Morgan fingerprint density at radius 2 is 1.85 bits per heavy atom. The first-order valence-electron chi connectivity index (χ1n) is 5.86. The smallest absolute Gasteiger partial charge is 0.276 e. The second-order valence-corrected chi connectivity index (χ2v) is 5.60. The third-order valence-corrected chi connectivity index (χ3v) is 3.77. The van der Waals surface area contributed by atoms with Crippen LogP contribution in [-0.2, 0) is 10.0 Å². The number of rotatable bonds is 5. The minimum Gasteiger partial charge on any atom is -0.497 e. The minimum atomic E-state index is -3.63. The van der Waals surface area contributed by atoms with Gasteiger partial charge in [0.15, 0.2) is 0 Å². The summed E-state index contributed by atoms with van der Waals surface area (Å²) in [6.45, 7) is 0. The lowest BCUT2D eigenvalue weighted by atomic mass is 10.2. The van der Waals surface area contributed by atoms with Crippen LogP contribution >= 0.6 is 0 Å². The van der Waals surface area contributed by atoms with E-state index in [-0.39, 0.29) is 4.90 Å².